The highest BCUT2D eigenvalue weighted by molar-refractivity contribution is 5.28. The average Bonchev–Trinajstić information content (AvgIpc) is 3.02. The Morgan fingerprint density at radius 1 is 1.21 bits per heavy atom. The topological polar surface area (TPSA) is 66.4 Å². The number of aliphatic hydroxyl groups excluding tert-OH is 1. The maximum Gasteiger partial charge on any atom is 0.184 e. The lowest BCUT2D eigenvalue weighted by atomic mass is 10.0. The molecule has 1 fully saturated rings. The van der Waals surface area contributed by atoms with Gasteiger partial charge in [-0.05, 0) is 18.6 Å². The molecule has 2 rings (SSSR count). The second kappa shape index (κ2) is 9.76. The van der Waals surface area contributed by atoms with Crippen molar-refractivity contribution in [1.29, 1.82) is 0 Å². The molecule has 0 bridgehead atoms. The minimum Gasteiger partial charge on any atom is -0.497 e. The summed E-state index contributed by atoms with van der Waals surface area (Å²) < 4.78 is 27.6. The summed E-state index contributed by atoms with van der Waals surface area (Å²) in [5.41, 5.74) is 0.884. The molecule has 0 amide bonds. The molecule has 1 saturated heterocycles. The molecule has 134 valence electrons. The molecule has 0 aliphatic carbocycles. The number of aliphatic hydroxyl groups is 1. The molecule has 0 radical (unpaired) electrons. The molecule has 1 aliphatic rings. The Morgan fingerprint density at radius 3 is 2.50 bits per heavy atom. The van der Waals surface area contributed by atoms with Crippen LogP contribution in [0.4, 0.5) is 0 Å². The van der Waals surface area contributed by atoms with Crippen molar-refractivity contribution < 1.29 is 28.8 Å². The Morgan fingerprint density at radius 2 is 1.92 bits per heavy atom. The smallest absolute Gasteiger partial charge is 0.184 e. The number of ether oxygens (including phenoxy) is 5. The first-order chi connectivity index (χ1) is 11.7. The summed E-state index contributed by atoms with van der Waals surface area (Å²) in [5, 5.41) is 9.59. The van der Waals surface area contributed by atoms with Gasteiger partial charge >= 0.3 is 0 Å². The van der Waals surface area contributed by atoms with Gasteiger partial charge in [0.2, 0.25) is 0 Å². The Kier molecular flexibility index (Phi) is 7.68. The highest BCUT2D eigenvalue weighted by Crippen LogP contribution is 2.34. The summed E-state index contributed by atoms with van der Waals surface area (Å²) >= 11 is 0. The molecular formula is C18H26O6. The van der Waals surface area contributed by atoms with Gasteiger partial charge in [-0.15, -0.1) is 6.58 Å². The standard InChI is InChI=1S/C18H26O6/c1-4-5-15(22-12-20-2)10-16-17(11-19)24-18(23-16)13-6-8-14(21-3)9-7-13/h4,6-9,15-19H,1,5,10-12H2,2-3H3/t15-,16-,17-,18?/m0/s1. The molecule has 1 heterocycles. The Balaban J connectivity index is 2.00. The molecule has 1 aliphatic heterocycles. The van der Waals surface area contributed by atoms with Crippen LogP contribution >= 0.6 is 0 Å². The third kappa shape index (κ3) is 5.03. The zero-order valence-corrected chi connectivity index (χ0v) is 14.2. The zero-order valence-electron chi connectivity index (χ0n) is 14.2. The van der Waals surface area contributed by atoms with Crippen LogP contribution in [0.5, 0.6) is 5.75 Å². The quantitative estimate of drug-likeness (QED) is 0.522. The largest absolute Gasteiger partial charge is 0.497 e. The van der Waals surface area contributed by atoms with E-state index in [1.807, 2.05) is 24.3 Å². The lowest BCUT2D eigenvalue weighted by Crippen LogP contribution is -2.31. The molecule has 1 N–H and O–H groups in total. The number of hydrogen-bond acceptors (Lipinski definition) is 6. The van der Waals surface area contributed by atoms with Gasteiger partial charge in [0, 0.05) is 19.1 Å². The second-order valence-corrected chi connectivity index (χ2v) is 5.59. The van der Waals surface area contributed by atoms with Gasteiger partial charge < -0.3 is 28.8 Å². The third-order valence-electron chi connectivity index (χ3n) is 3.93. The van der Waals surface area contributed by atoms with Gasteiger partial charge in [-0.25, -0.2) is 0 Å². The van der Waals surface area contributed by atoms with Crippen molar-refractivity contribution in [2.45, 2.75) is 37.4 Å². The Labute approximate surface area is 142 Å². The van der Waals surface area contributed by atoms with E-state index in [4.69, 9.17) is 23.7 Å². The van der Waals surface area contributed by atoms with E-state index < -0.39 is 12.4 Å². The summed E-state index contributed by atoms with van der Waals surface area (Å²) in [6.07, 6.45) is 1.80. The van der Waals surface area contributed by atoms with Crippen LogP contribution in [-0.4, -0.2) is 51.0 Å². The molecule has 1 aromatic carbocycles. The van der Waals surface area contributed by atoms with Crippen molar-refractivity contribution in [2.24, 2.45) is 0 Å². The molecule has 1 aromatic rings. The fourth-order valence-corrected chi connectivity index (χ4v) is 2.65. The average molecular weight is 338 g/mol. The van der Waals surface area contributed by atoms with E-state index in [9.17, 15) is 5.11 Å². The van der Waals surface area contributed by atoms with Crippen molar-refractivity contribution in [2.75, 3.05) is 27.6 Å². The van der Waals surface area contributed by atoms with Crippen molar-refractivity contribution in [3.63, 3.8) is 0 Å². The first-order valence-corrected chi connectivity index (χ1v) is 7.99. The SMILES string of the molecule is C=CC[C@@H](C[C@@H]1OC(c2ccc(OC)cc2)O[C@H]1CO)OCOC. The normalized spacial score (nSPS) is 24.7. The van der Waals surface area contributed by atoms with E-state index in [1.165, 1.54) is 0 Å². The number of rotatable bonds is 10. The van der Waals surface area contributed by atoms with Crippen molar-refractivity contribution in [3.8, 4) is 5.75 Å². The zero-order chi connectivity index (χ0) is 17.4. The van der Waals surface area contributed by atoms with Crippen LogP contribution in [0.3, 0.4) is 0 Å². The lowest BCUT2D eigenvalue weighted by molar-refractivity contribution is -0.0967. The first-order valence-electron chi connectivity index (χ1n) is 7.99. The molecule has 6 nitrogen and oxygen atoms in total. The predicted molar refractivity (Wildman–Crippen MR) is 88.7 cm³/mol. The van der Waals surface area contributed by atoms with Crippen LogP contribution in [0.15, 0.2) is 36.9 Å². The molecule has 0 saturated carbocycles. The maximum absolute atomic E-state index is 9.59. The fourth-order valence-electron chi connectivity index (χ4n) is 2.65. The van der Waals surface area contributed by atoms with Crippen LogP contribution in [-0.2, 0) is 18.9 Å². The summed E-state index contributed by atoms with van der Waals surface area (Å²) in [5.74, 6) is 0.769. The molecular weight excluding hydrogens is 312 g/mol. The Hall–Kier alpha value is -1.44. The van der Waals surface area contributed by atoms with E-state index in [1.54, 1.807) is 20.3 Å². The predicted octanol–water partition coefficient (Wildman–Crippen LogP) is 2.43. The van der Waals surface area contributed by atoms with Gasteiger partial charge in [0.05, 0.1) is 25.9 Å². The number of methoxy groups -OCH3 is 2. The van der Waals surface area contributed by atoms with Gasteiger partial charge in [-0.3, -0.25) is 0 Å². The number of hydrogen-bond donors (Lipinski definition) is 1. The monoisotopic (exact) mass is 338 g/mol. The fraction of sp³-hybridized carbons (Fsp3) is 0.556. The summed E-state index contributed by atoms with van der Waals surface area (Å²) in [6.45, 7) is 3.84. The van der Waals surface area contributed by atoms with Gasteiger partial charge in [0.25, 0.3) is 0 Å². The second-order valence-electron chi connectivity index (χ2n) is 5.59. The van der Waals surface area contributed by atoms with E-state index in [0.29, 0.717) is 12.8 Å². The molecule has 1 unspecified atom stereocenters. The van der Waals surface area contributed by atoms with Gasteiger partial charge in [-0.2, -0.15) is 0 Å². The summed E-state index contributed by atoms with van der Waals surface area (Å²) in [6, 6.07) is 7.49. The van der Waals surface area contributed by atoms with Crippen molar-refractivity contribution in [1.82, 2.24) is 0 Å². The third-order valence-corrected chi connectivity index (χ3v) is 3.93. The van der Waals surface area contributed by atoms with Crippen LogP contribution in [0.2, 0.25) is 0 Å². The lowest BCUT2D eigenvalue weighted by Gasteiger charge is -2.21. The first kappa shape index (κ1) is 18.9. The van der Waals surface area contributed by atoms with Gasteiger partial charge in [-0.1, -0.05) is 18.2 Å². The van der Waals surface area contributed by atoms with Crippen LogP contribution < -0.4 is 4.74 Å². The highest BCUT2D eigenvalue weighted by Gasteiger charge is 2.37. The molecule has 24 heavy (non-hydrogen) atoms. The van der Waals surface area contributed by atoms with Crippen LogP contribution in [0.25, 0.3) is 0 Å². The molecule has 0 spiro atoms. The van der Waals surface area contributed by atoms with E-state index in [2.05, 4.69) is 6.58 Å². The minimum atomic E-state index is -0.509. The van der Waals surface area contributed by atoms with Crippen LogP contribution in [0, 0.1) is 0 Å². The van der Waals surface area contributed by atoms with Crippen molar-refractivity contribution >= 4 is 0 Å². The van der Waals surface area contributed by atoms with E-state index in [-0.39, 0.29) is 25.6 Å². The van der Waals surface area contributed by atoms with Gasteiger partial charge in [0.1, 0.15) is 18.6 Å². The van der Waals surface area contributed by atoms with Crippen molar-refractivity contribution in [3.05, 3.63) is 42.5 Å². The van der Waals surface area contributed by atoms with E-state index in [0.717, 1.165) is 11.3 Å². The molecule has 6 heteroatoms. The minimum absolute atomic E-state index is 0.0975. The highest BCUT2D eigenvalue weighted by atomic mass is 16.7. The molecule has 0 aromatic heterocycles. The Bertz CT molecular complexity index is 489. The van der Waals surface area contributed by atoms with E-state index >= 15 is 0 Å². The maximum atomic E-state index is 9.59. The number of benzene rings is 1. The summed E-state index contributed by atoms with van der Waals surface area (Å²) in [4.78, 5) is 0. The van der Waals surface area contributed by atoms with Crippen LogP contribution in [0.1, 0.15) is 24.7 Å². The van der Waals surface area contributed by atoms with Gasteiger partial charge in [0.15, 0.2) is 6.29 Å². The molecule has 4 atom stereocenters. The summed E-state index contributed by atoms with van der Waals surface area (Å²) in [7, 11) is 3.20.